The van der Waals surface area contributed by atoms with E-state index in [9.17, 15) is 4.79 Å². The van der Waals surface area contributed by atoms with E-state index in [1.165, 1.54) is 0 Å². The molecule has 1 aliphatic rings. The van der Waals surface area contributed by atoms with Crippen LogP contribution < -0.4 is 9.47 Å². The van der Waals surface area contributed by atoms with Crippen molar-refractivity contribution in [1.82, 2.24) is 9.80 Å². The fraction of sp³-hybridized carbons (Fsp3) is 0.632. The molecule has 0 radical (unpaired) electrons. The summed E-state index contributed by atoms with van der Waals surface area (Å²) < 4.78 is 17.5. The Hall–Kier alpha value is -1.47. The molecule has 26 heavy (non-hydrogen) atoms. The highest BCUT2D eigenvalue weighted by Crippen LogP contribution is 2.34. The molecule has 1 aromatic rings. The first-order valence-corrected chi connectivity index (χ1v) is 9.56. The topological polar surface area (TPSA) is 51.2 Å². The van der Waals surface area contributed by atoms with Gasteiger partial charge < -0.3 is 19.1 Å². The van der Waals surface area contributed by atoms with Crippen LogP contribution in [0.3, 0.4) is 0 Å². The number of ether oxygens (including phenoxy) is 3. The zero-order valence-corrected chi connectivity index (χ0v) is 18.1. The molecular weight excluding hydrogens is 400 g/mol. The van der Waals surface area contributed by atoms with Gasteiger partial charge >= 0.3 is 6.09 Å². The Balaban J connectivity index is 2.08. The molecule has 0 saturated carbocycles. The third kappa shape index (κ3) is 5.27. The summed E-state index contributed by atoms with van der Waals surface area (Å²) >= 11 is 3.48. The molecule has 1 unspecified atom stereocenters. The zero-order chi connectivity index (χ0) is 19.5. The third-order valence-electron chi connectivity index (χ3n) is 4.35. The van der Waals surface area contributed by atoms with Crippen LogP contribution in [0.4, 0.5) is 4.79 Å². The molecule has 0 aromatic heterocycles. The maximum atomic E-state index is 12.3. The largest absolute Gasteiger partial charge is 0.496 e. The fourth-order valence-electron chi connectivity index (χ4n) is 3.03. The monoisotopic (exact) mass is 428 g/mol. The van der Waals surface area contributed by atoms with Gasteiger partial charge in [0.15, 0.2) is 0 Å². The molecule has 2 rings (SSSR count). The van der Waals surface area contributed by atoms with Gasteiger partial charge in [-0.2, -0.15) is 0 Å². The van der Waals surface area contributed by atoms with Crippen LogP contribution in [0.2, 0.25) is 0 Å². The fourth-order valence-corrected chi connectivity index (χ4v) is 3.45. The highest BCUT2D eigenvalue weighted by molar-refractivity contribution is 9.10. The summed E-state index contributed by atoms with van der Waals surface area (Å²) in [5.74, 6) is 1.58. The van der Waals surface area contributed by atoms with Crippen molar-refractivity contribution in [2.24, 2.45) is 0 Å². The summed E-state index contributed by atoms with van der Waals surface area (Å²) in [5, 5.41) is 0. The Labute approximate surface area is 164 Å². The summed E-state index contributed by atoms with van der Waals surface area (Å²) in [5.41, 5.74) is 0.533. The van der Waals surface area contributed by atoms with E-state index >= 15 is 0 Å². The number of carbonyl (C=O) groups excluding carboxylic acids is 1. The molecule has 1 amide bonds. The van der Waals surface area contributed by atoms with E-state index in [-0.39, 0.29) is 12.1 Å². The Morgan fingerprint density at radius 2 is 1.77 bits per heavy atom. The Bertz CT molecular complexity index is 620. The standard InChI is InChI=1S/C19H29BrN2O4/c1-13-11-22(18(23)26-19(2,3)4)8-7-21(13)12-15-16(24-5)9-14(20)10-17(15)25-6/h9-10,13H,7-8,11-12H2,1-6H3. The summed E-state index contributed by atoms with van der Waals surface area (Å²) in [6.45, 7) is 10.5. The van der Waals surface area contributed by atoms with E-state index in [1.807, 2.05) is 32.9 Å². The Morgan fingerprint density at radius 3 is 2.23 bits per heavy atom. The van der Waals surface area contributed by atoms with Gasteiger partial charge in [-0.1, -0.05) is 15.9 Å². The highest BCUT2D eigenvalue weighted by atomic mass is 79.9. The molecular formula is C19H29BrN2O4. The van der Waals surface area contributed by atoms with Crippen LogP contribution in [0.5, 0.6) is 11.5 Å². The minimum Gasteiger partial charge on any atom is -0.496 e. The lowest BCUT2D eigenvalue weighted by atomic mass is 10.1. The van der Waals surface area contributed by atoms with E-state index in [0.717, 1.165) is 28.1 Å². The van der Waals surface area contributed by atoms with E-state index in [1.54, 1.807) is 19.1 Å². The third-order valence-corrected chi connectivity index (χ3v) is 4.81. The molecule has 1 atom stereocenters. The molecule has 0 N–H and O–H groups in total. The van der Waals surface area contributed by atoms with Gasteiger partial charge in [0.25, 0.3) is 0 Å². The van der Waals surface area contributed by atoms with E-state index < -0.39 is 5.60 Å². The normalized spacial score (nSPS) is 18.6. The predicted molar refractivity (Wildman–Crippen MR) is 105 cm³/mol. The lowest BCUT2D eigenvalue weighted by Gasteiger charge is -2.40. The number of rotatable bonds is 4. The maximum absolute atomic E-state index is 12.3. The first-order chi connectivity index (χ1) is 12.1. The molecule has 7 heteroatoms. The van der Waals surface area contributed by atoms with Gasteiger partial charge in [0, 0.05) is 36.7 Å². The van der Waals surface area contributed by atoms with Gasteiger partial charge in [-0.25, -0.2) is 4.79 Å². The first kappa shape index (κ1) is 20.8. The lowest BCUT2D eigenvalue weighted by Crippen LogP contribution is -2.54. The molecule has 6 nitrogen and oxygen atoms in total. The Morgan fingerprint density at radius 1 is 1.19 bits per heavy atom. The maximum Gasteiger partial charge on any atom is 0.410 e. The minimum atomic E-state index is -0.477. The molecule has 1 heterocycles. The van der Waals surface area contributed by atoms with Crippen LogP contribution in [0, 0.1) is 0 Å². The van der Waals surface area contributed by atoms with Crippen molar-refractivity contribution in [2.45, 2.75) is 45.9 Å². The summed E-state index contributed by atoms with van der Waals surface area (Å²) in [7, 11) is 3.32. The molecule has 146 valence electrons. The van der Waals surface area contributed by atoms with Crippen molar-refractivity contribution in [2.75, 3.05) is 33.9 Å². The van der Waals surface area contributed by atoms with Gasteiger partial charge in [-0.15, -0.1) is 0 Å². The quantitative estimate of drug-likeness (QED) is 0.727. The van der Waals surface area contributed by atoms with Gasteiger partial charge in [-0.3, -0.25) is 4.90 Å². The molecule has 1 aliphatic heterocycles. The van der Waals surface area contributed by atoms with Gasteiger partial charge in [0.1, 0.15) is 17.1 Å². The van der Waals surface area contributed by atoms with Crippen molar-refractivity contribution in [3.63, 3.8) is 0 Å². The zero-order valence-electron chi connectivity index (χ0n) is 16.5. The second-order valence-corrected chi connectivity index (χ2v) is 8.45. The van der Waals surface area contributed by atoms with Crippen molar-refractivity contribution in [3.05, 3.63) is 22.2 Å². The van der Waals surface area contributed by atoms with Crippen LogP contribution in [-0.4, -0.2) is 61.4 Å². The van der Waals surface area contributed by atoms with E-state index in [2.05, 4.69) is 27.8 Å². The highest BCUT2D eigenvalue weighted by Gasteiger charge is 2.30. The van der Waals surface area contributed by atoms with Crippen LogP contribution in [0.1, 0.15) is 33.3 Å². The lowest BCUT2D eigenvalue weighted by molar-refractivity contribution is 0.00440. The van der Waals surface area contributed by atoms with E-state index in [4.69, 9.17) is 14.2 Å². The van der Waals surface area contributed by atoms with Crippen LogP contribution in [0.15, 0.2) is 16.6 Å². The van der Waals surface area contributed by atoms with Crippen molar-refractivity contribution >= 4 is 22.0 Å². The second kappa shape index (κ2) is 8.48. The van der Waals surface area contributed by atoms with Crippen molar-refractivity contribution in [1.29, 1.82) is 0 Å². The first-order valence-electron chi connectivity index (χ1n) is 8.77. The Kier molecular flexibility index (Phi) is 6.80. The number of halogens is 1. The smallest absolute Gasteiger partial charge is 0.410 e. The summed E-state index contributed by atoms with van der Waals surface area (Å²) in [6.07, 6.45) is -0.247. The molecule has 0 bridgehead atoms. The van der Waals surface area contributed by atoms with Gasteiger partial charge in [0.05, 0.1) is 19.8 Å². The second-order valence-electron chi connectivity index (χ2n) is 7.53. The molecule has 0 aliphatic carbocycles. The number of piperazine rings is 1. The predicted octanol–water partition coefficient (Wildman–Crippen LogP) is 3.91. The van der Waals surface area contributed by atoms with Crippen molar-refractivity contribution < 1.29 is 19.0 Å². The van der Waals surface area contributed by atoms with Gasteiger partial charge in [0.2, 0.25) is 0 Å². The number of hydrogen-bond acceptors (Lipinski definition) is 5. The van der Waals surface area contributed by atoms with Gasteiger partial charge in [-0.05, 0) is 39.8 Å². The summed E-state index contributed by atoms with van der Waals surface area (Å²) in [4.78, 5) is 16.4. The molecule has 1 fully saturated rings. The SMILES string of the molecule is COc1cc(Br)cc(OC)c1CN1CCN(C(=O)OC(C)(C)C)CC1C. The number of benzene rings is 1. The number of carbonyl (C=O) groups is 1. The minimum absolute atomic E-state index is 0.203. The molecule has 0 spiro atoms. The van der Waals surface area contributed by atoms with Crippen LogP contribution >= 0.6 is 15.9 Å². The number of methoxy groups -OCH3 is 2. The molecule has 1 aromatic carbocycles. The van der Waals surface area contributed by atoms with Crippen LogP contribution in [0.25, 0.3) is 0 Å². The van der Waals surface area contributed by atoms with Crippen molar-refractivity contribution in [3.8, 4) is 11.5 Å². The number of nitrogens with zero attached hydrogens (tertiary/aromatic N) is 2. The number of hydrogen-bond donors (Lipinski definition) is 0. The molecule has 1 saturated heterocycles. The summed E-state index contributed by atoms with van der Waals surface area (Å²) in [6, 6.07) is 4.09. The van der Waals surface area contributed by atoms with E-state index in [0.29, 0.717) is 19.6 Å². The average Bonchev–Trinajstić information content (AvgIpc) is 2.55. The number of amides is 1. The average molecular weight is 429 g/mol. The van der Waals surface area contributed by atoms with Crippen LogP contribution in [-0.2, 0) is 11.3 Å².